The first kappa shape index (κ1) is 19.5. The summed E-state index contributed by atoms with van der Waals surface area (Å²) in [4.78, 5) is 33.5. The largest absolute Gasteiger partial charge is 0.503 e. The SMILES string of the molecule is Cc1nc(C)c(C(=O)C2=C(O)C(=O)N(CCc3ccccc3)C2c2cccs2)s1. The fourth-order valence-corrected chi connectivity index (χ4v) is 5.34. The zero-order valence-corrected chi connectivity index (χ0v) is 17.7. The number of carbonyl (C=O) groups is 2. The van der Waals surface area contributed by atoms with E-state index in [0.717, 1.165) is 15.4 Å². The topological polar surface area (TPSA) is 70.5 Å². The van der Waals surface area contributed by atoms with E-state index in [9.17, 15) is 14.7 Å². The van der Waals surface area contributed by atoms with Crippen LogP contribution in [0.5, 0.6) is 0 Å². The summed E-state index contributed by atoms with van der Waals surface area (Å²) >= 11 is 2.76. The first-order valence-corrected chi connectivity index (χ1v) is 11.0. The molecule has 1 aliphatic rings. The van der Waals surface area contributed by atoms with E-state index in [1.165, 1.54) is 22.7 Å². The third kappa shape index (κ3) is 3.63. The molecule has 0 saturated heterocycles. The summed E-state index contributed by atoms with van der Waals surface area (Å²) in [6.45, 7) is 4.02. The van der Waals surface area contributed by atoms with E-state index in [0.29, 0.717) is 23.5 Å². The Balaban J connectivity index is 1.70. The number of Topliss-reactive ketones (excluding diaryl/α,β-unsaturated/α-hetero) is 1. The lowest BCUT2D eigenvalue weighted by Crippen LogP contribution is -2.32. The lowest BCUT2D eigenvalue weighted by Gasteiger charge is -2.25. The predicted molar refractivity (Wildman–Crippen MR) is 114 cm³/mol. The van der Waals surface area contributed by atoms with Crippen LogP contribution in [0.4, 0.5) is 0 Å². The number of ketones is 1. The second kappa shape index (κ2) is 7.93. The van der Waals surface area contributed by atoms with Crippen molar-refractivity contribution in [3.8, 4) is 0 Å². The molecule has 0 spiro atoms. The maximum absolute atomic E-state index is 13.3. The molecule has 2 aromatic heterocycles. The normalized spacial score (nSPS) is 16.7. The number of thiophene rings is 1. The Bertz CT molecular complexity index is 1080. The molecule has 1 N–H and O–H groups in total. The average Bonchev–Trinajstić information content (AvgIpc) is 3.41. The highest BCUT2D eigenvalue weighted by molar-refractivity contribution is 7.14. The van der Waals surface area contributed by atoms with E-state index in [2.05, 4.69) is 4.98 Å². The summed E-state index contributed by atoms with van der Waals surface area (Å²) in [5.41, 5.74) is 1.87. The number of aliphatic hydroxyl groups excluding tert-OH is 1. The van der Waals surface area contributed by atoms with Crippen molar-refractivity contribution < 1.29 is 14.7 Å². The van der Waals surface area contributed by atoms with Crippen LogP contribution in [0.2, 0.25) is 0 Å². The van der Waals surface area contributed by atoms with E-state index in [1.807, 2.05) is 54.8 Å². The molecule has 0 bridgehead atoms. The zero-order chi connectivity index (χ0) is 20.5. The standard InChI is InChI=1S/C22H20N2O3S2/c1-13-21(29-14(2)23-13)19(25)17-18(16-9-6-12-28-16)24(22(27)20(17)26)11-10-15-7-4-3-5-8-15/h3-9,12,18,26H,10-11H2,1-2H3. The van der Waals surface area contributed by atoms with Crippen LogP contribution in [0, 0.1) is 13.8 Å². The molecule has 0 aliphatic carbocycles. The molecule has 0 radical (unpaired) electrons. The Labute approximate surface area is 177 Å². The van der Waals surface area contributed by atoms with Gasteiger partial charge in [0.1, 0.15) is 0 Å². The molecule has 7 heteroatoms. The number of benzene rings is 1. The third-order valence-corrected chi connectivity index (χ3v) is 6.95. The molecule has 148 valence electrons. The van der Waals surface area contributed by atoms with Gasteiger partial charge in [-0.2, -0.15) is 0 Å². The number of aliphatic hydroxyl groups is 1. The van der Waals surface area contributed by atoms with Gasteiger partial charge < -0.3 is 10.0 Å². The van der Waals surface area contributed by atoms with E-state index in [1.54, 1.807) is 11.8 Å². The van der Waals surface area contributed by atoms with Gasteiger partial charge in [-0.3, -0.25) is 9.59 Å². The van der Waals surface area contributed by atoms with Crippen molar-refractivity contribution in [2.45, 2.75) is 26.3 Å². The Hall–Kier alpha value is -2.77. The highest BCUT2D eigenvalue weighted by atomic mass is 32.1. The van der Waals surface area contributed by atoms with Gasteiger partial charge in [-0.25, -0.2) is 4.98 Å². The lowest BCUT2D eigenvalue weighted by molar-refractivity contribution is -0.129. The van der Waals surface area contributed by atoms with Crippen LogP contribution in [0.3, 0.4) is 0 Å². The van der Waals surface area contributed by atoms with Crippen LogP contribution < -0.4 is 0 Å². The number of thiazole rings is 1. The number of hydrogen-bond acceptors (Lipinski definition) is 6. The second-order valence-corrected chi connectivity index (χ2v) is 9.07. The molecule has 0 fully saturated rings. The van der Waals surface area contributed by atoms with Crippen molar-refractivity contribution in [2.24, 2.45) is 0 Å². The van der Waals surface area contributed by atoms with Gasteiger partial charge in [-0.1, -0.05) is 36.4 Å². The first-order valence-electron chi connectivity index (χ1n) is 9.27. The van der Waals surface area contributed by atoms with Gasteiger partial charge in [0.15, 0.2) is 5.76 Å². The molecular weight excluding hydrogens is 404 g/mol. The fourth-order valence-electron chi connectivity index (χ4n) is 3.62. The minimum Gasteiger partial charge on any atom is -0.503 e. The van der Waals surface area contributed by atoms with E-state index in [4.69, 9.17) is 0 Å². The summed E-state index contributed by atoms with van der Waals surface area (Å²) < 4.78 is 0. The van der Waals surface area contributed by atoms with Gasteiger partial charge in [-0.15, -0.1) is 22.7 Å². The van der Waals surface area contributed by atoms with E-state index < -0.39 is 17.7 Å². The summed E-state index contributed by atoms with van der Waals surface area (Å²) in [6.07, 6.45) is 0.641. The van der Waals surface area contributed by atoms with Crippen molar-refractivity contribution >= 4 is 34.4 Å². The first-order chi connectivity index (χ1) is 14.0. The molecule has 3 aromatic rings. The van der Waals surface area contributed by atoms with Crippen molar-refractivity contribution in [2.75, 3.05) is 6.54 Å². The van der Waals surface area contributed by atoms with Gasteiger partial charge in [-0.05, 0) is 37.3 Å². The lowest BCUT2D eigenvalue weighted by atomic mass is 10.00. The molecule has 5 nitrogen and oxygen atoms in total. The van der Waals surface area contributed by atoms with Crippen molar-refractivity contribution in [1.29, 1.82) is 0 Å². The van der Waals surface area contributed by atoms with Crippen LogP contribution in [-0.2, 0) is 11.2 Å². The third-order valence-electron chi connectivity index (χ3n) is 4.95. The molecule has 1 aromatic carbocycles. The number of aromatic nitrogens is 1. The second-order valence-electron chi connectivity index (χ2n) is 6.89. The maximum Gasteiger partial charge on any atom is 0.290 e. The zero-order valence-electron chi connectivity index (χ0n) is 16.1. The van der Waals surface area contributed by atoms with Gasteiger partial charge in [0, 0.05) is 11.4 Å². The number of aryl methyl sites for hydroxylation is 2. The summed E-state index contributed by atoms with van der Waals surface area (Å²) in [5.74, 6) is -1.27. The highest BCUT2D eigenvalue weighted by Gasteiger charge is 2.44. The number of hydrogen-bond donors (Lipinski definition) is 1. The highest BCUT2D eigenvalue weighted by Crippen LogP contribution is 2.41. The summed E-state index contributed by atoms with van der Waals surface area (Å²) in [6, 6.07) is 13.1. The van der Waals surface area contributed by atoms with E-state index >= 15 is 0 Å². The van der Waals surface area contributed by atoms with E-state index in [-0.39, 0.29) is 11.4 Å². The molecule has 1 aliphatic heterocycles. The number of amides is 1. The molecule has 4 rings (SSSR count). The van der Waals surface area contributed by atoms with Crippen molar-refractivity contribution in [1.82, 2.24) is 9.88 Å². The fraction of sp³-hybridized carbons (Fsp3) is 0.227. The number of rotatable bonds is 6. The minimum atomic E-state index is -0.583. The molecule has 3 heterocycles. The van der Waals surface area contributed by atoms with Crippen LogP contribution in [0.25, 0.3) is 0 Å². The smallest absolute Gasteiger partial charge is 0.290 e. The average molecular weight is 425 g/mol. The number of carbonyl (C=O) groups excluding carboxylic acids is 2. The van der Waals surface area contributed by atoms with Gasteiger partial charge in [0.25, 0.3) is 5.91 Å². The monoisotopic (exact) mass is 424 g/mol. The Kier molecular flexibility index (Phi) is 5.34. The van der Waals surface area contributed by atoms with Crippen molar-refractivity contribution in [3.63, 3.8) is 0 Å². The molecule has 1 unspecified atom stereocenters. The molecule has 1 atom stereocenters. The Morgan fingerprint density at radius 2 is 1.93 bits per heavy atom. The number of nitrogens with zero attached hydrogens (tertiary/aromatic N) is 2. The quantitative estimate of drug-likeness (QED) is 0.585. The minimum absolute atomic E-state index is 0.150. The van der Waals surface area contributed by atoms with Gasteiger partial charge in [0.2, 0.25) is 5.78 Å². The Morgan fingerprint density at radius 1 is 1.17 bits per heavy atom. The molecular formula is C22H20N2O3S2. The van der Waals surface area contributed by atoms with Crippen LogP contribution in [-0.4, -0.2) is 33.2 Å². The maximum atomic E-state index is 13.3. The van der Waals surface area contributed by atoms with Crippen LogP contribution in [0.15, 0.2) is 59.2 Å². The summed E-state index contributed by atoms with van der Waals surface area (Å²) in [5, 5.41) is 13.4. The van der Waals surface area contributed by atoms with Gasteiger partial charge in [0.05, 0.1) is 27.2 Å². The van der Waals surface area contributed by atoms with Crippen LogP contribution >= 0.6 is 22.7 Å². The van der Waals surface area contributed by atoms with Crippen molar-refractivity contribution in [3.05, 3.63) is 85.2 Å². The summed E-state index contributed by atoms with van der Waals surface area (Å²) in [7, 11) is 0. The molecule has 1 amide bonds. The van der Waals surface area contributed by atoms with Crippen LogP contribution in [0.1, 0.15) is 36.9 Å². The Morgan fingerprint density at radius 3 is 2.55 bits per heavy atom. The van der Waals surface area contributed by atoms with Gasteiger partial charge >= 0.3 is 0 Å². The molecule has 0 saturated carbocycles. The predicted octanol–water partition coefficient (Wildman–Crippen LogP) is 4.64. The molecule has 29 heavy (non-hydrogen) atoms.